The topological polar surface area (TPSA) is 23.5 Å². The molecule has 1 aromatic rings. The first-order chi connectivity index (χ1) is 9.86. The van der Waals surface area contributed by atoms with Crippen molar-refractivity contribution in [1.82, 2.24) is 4.90 Å². The fraction of sp³-hybridized carbons (Fsp3) is 0.684. The second-order valence-electron chi connectivity index (χ2n) is 7.32. The summed E-state index contributed by atoms with van der Waals surface area (Å²) in [6.45, 7) is 14.4. The van der Waals surface area contributed by atoms with Gasteiger partial charge in [0, 0.05) is 19.6 Å². The summed E-state index contributed by atoms with van der Waals surface area (Å²) in [6.07, 6.45) is 1.84. The number of piperidine rings is 1. The van der Waals surface area contributed by atoms with Crippen LogP contribution >= 0.6 is 0 Å². The second kappa shape index (κ2) is 6.93. The molecular weight excluding hydrogens is 258 g/mol. The Morgan fingerprint density at radius 3 is 2.14 bits per heavy atom. The zero-order valence-electron chi connectivity index (χ0n) is 14.3. The van der Waals surface area contributed by atoms with E-state index >= 15 is 0 Å². The van der Waals surface area contributed by atoms with Gasteiger partial charge in [-0.2, -0.15) is 0 Å². The molecule has 0 amide bonds. The number of rotatable bonds is 4. The first-order valence-electron chi connectivity index (χ1n) is 8.35. The van der Waals surface area contributed by atoms with Crippen LogP contribution in [0.15, 0.2) is 12.1 Å². The minimum absolute atomic E-state index is 0.335. The molecule has 1 fully saturated rings. The first-order valence-corrected chi connectivity index (χ1v) is 8.35. The minimum Gasteiger partial charge on any atom is -0.388 e. The van der Waals surface area contributed by atoms with Gasteiger partial charge in [-0.3, -0.25) is 0 Å². The van der Waals surface area contributed by atoms with Crippen molar-refractivity contribution in [3.8, 4) is 0 Å². The van der Waals surface area contributed by atoms with Gasteiger partial charge in [0.15, 0.2) is 0 Å². The summed E-state index contributed by atoms with van der Waals surface area (Å²) in [7, 11) is 0. The second-order valence-corrected chi connectivity index (χ2v) is 7.32. The maximum atomic E-state index is 10.6. The normalized spacial score (nSPS) is 25.0. The van der Waals surface area contributed by atoms with Gasteiger partial charge in [0.2, 0.25) is 0 Å². The van der Waals surface area contributed by atoms with Crippen molar-refractivity contribution in [2.45, 2.75) is 53.6 Å². The van der Waals surface area contributed by atoms with Crippen LogP contribution < -0.4 is 0 Å². The minimum atomic E-state index is -0.335. The first kappa shape index (κ1) is 16.5. The van der Waals surface area contributed by atoms with E-state index in [-0.39, 0.29) is 6.10 Å². The molecule has 21 heavy (non-hydrogen) atoms. The SMILES string of the molecule is Cc1cc(C)c(C(O)CCN2CC(C)CC(C)C2)c(C)c1. The van der Waals surface area contributed by atoms with E-state index in [0.717, 1.165) is 30.4 Å². The molecule has 118 valence electrons. The summed E-state index contributed by atoms with van der Waals surface area (Å²) < 4.78 is 0. The summed E-state index contributed by atoms with van der Waals surface area (Å²) in [6, 6.07) is 4.35. The molecule has 0 aromatic heterocycles. The number of nitrogens with zero attached hydrogens (tertiary/aromatic N) is 1. The number of aliphatic hydroxyl groups excluding tert-OH is 1. The predicted molar refractivity (Wildman–Crippen MR) is 89.6 cm³/mol. The standard InChI is InChI=1S/C19H31NO/c1-13-9-16(4)19(17(5)10-13)18(21)6-7-20-11-14(2)8-15(3)12-20/h9-10,14-15,18,21H,6-8,11-12H2,1-5H3. The van der Waals surface area contributed by atoms with Gasteiger partial charge in [0.1, 0.15) is 0 Å². The maximum absolute atomic E-state index is 10.6. The van der Waals surface area contributed by atoms with Crippen molar-refractivity contribution < 1.29 is 5.11 Å². The average Bonchev–Trinajstić information content (AvgIpc) is 2.34. The number of aliphatic hydroxyl groups is 1. The zero-order valence-corrected chi connectivity index (χ0v) is 14.3. The van der Waals surface area contributed by atoms with E-state index in [4.69, 9.17) is 0 Å². The highest BCUT2D eigenvalue weighted by molar-refractivity contribution is 5.38. The van der Waals surface area contributed by atoms with Crippen LogP contribution in [0.2, 0.25) is 0 Å². The van der Waals surface area contributed by atoms with Crippen LogP contribution in [0.3, 0.4) is 0 Å². The highest BCUT2D eigenvalue weighted by Gasteiger charge is 2.22. The van der Waals surface area contributed by atoms with E-state index in [2.05, 4.69) is 51.7 Å². The van der Waals surface area contributed by atoms with Crippen molar-refractivity contribution in [3.63, 3.8) is 0 Å². The predicted octanol–water partition coefficient (Wildman–Crippen LogP) is 4.01. The maximum Gasteiger partial charge on any atom is 0.0807 e. The summed E-state index contributed by atoms with van der Waals surface area (Å²) in [5, 5.41) is 10.6. The largest absolute Gasteiger partial charge is 0.388 e. The van der Waals surface area contributed by atoms with Crippen LogP contribution in [0.4, 0.5) is 0 Å². The number of benzene rings is 1. The number of hydrogen-bond donors (Lipinski definition) is 1. The molecule has 1 aromatic carbocycles. The fourth-order valence-electron chi connectivity index (χ4n) is 4.14. The number of hydrogen-bond acceptors (Lipinski definition) is 2. The summed E-state index contributed by atoms with van der Waals surface area (Å²) in [5.74, 6) is 1.57. The van der Waals surface area contributed by atoms with Crippen LogP contribution in [0.5, 0.6) is 0 Å². The lowest BCUT2D eigenvalue weighted by Gasteiger charge is -2.35. The van der Waals surface area contributed by atoms with E-state index < -0.39 is 0 Å². The molecule has 3 unspecified atom stereocenters. The Balaban J connectivity index is 1.97. The summed E-state index contributed by atoms with van der Waals surface area (Å²) >= 11 is 0. The lowest BCUT2D eigenvalue weighted by atomic mass is 9.91. The summed E-state index contributed by atoms with van der Waals surface area (Å²) in [4.78, 5) is 2.53. The molecule has 1 aliphatic rings. The molecule has 0 spiro atoms. The number of likely N-dealkylation sites (tertiary alicyclic amines) is 1. The lowest BCUT2D eigenvalue weighted by Crippen LogP contribution is -2.39. The van der Waals surface area contributed by atoms with Gasteiger partial charge < -0.3 is 10.0 Å². The Bertz CT molecular complexity index is 449. The third-order valence-electron chi connectivity index (χ3n) is 4.73. The van der Waals surface area contributed by atoms with Crippen LogP contribution in [-0.4, -0.2) is 29.6 Å². The van der Waals surface area contributed by atoms with E-state index in [0.29, 0.717) is 0 Å². The average molecular weight is 289 g/mol. The van der Waals surface area contributed by atoms with Crippen molar-refractivity contribution >= 4 is 0 Å². The van der Waals surface area contributed by atoms with Gasteiger partial charge in [-0.05, 0) is 62.1 Å². The van der Waals surface area contributed by atoms with Crippen molar-refractivity contribution in [2.75, 3.05) is 19.6 Å². The highest BCUT2D eigenvalue weighted by atomic mass is 16.3. The molecule has 0 bridgehead atoms. The van der Waals surface area contributed by atoms with Crippen LogP contribution in [0.1, 0.15) is 55.0 Å². The smallest absolute Gasteiger partial charge is 0.0807 e. The third kappa shape index (κ3) is 4.31. The Labute approximate surface area is 130 Å². The fourth-order valence-corrected chi connectivity index (χ4v) is 4.14. The Kier molecular flexibility index (Phi) is 5.45. The Morgan fingerprint density at radius 1 is 1.10 bits per heavy atom. The van der Waals surface area contributed by atoms with E-state index in [9.17, 15) is 5.11 Å². The van der Waals surface area contributed by atoms with Crippen LogP contribution in [0.25, 0.3) is 0 Å². The van der Waals surface area contributed by atoms with Gasteiger partial charge in [0.05, 0.1) is 6.10 Å². The molecule has 2 rings (SSSR count). The Hall–Kier alpha value is -0.860. The molecule has 0 aliphatic carbocycles. The van der Waals surface area contributed by atoms with Crippen LogP contribution in [-0.2, 0) is 0 Å². The van der Waals surface area contributed by atoms with E-state index in [1.807, 2.05) is 0 Å². The summed E-state index contributed by atoms with van der Waals surface area (Å²) in [5.41, 5.74) is 4.86. The van der Waals surface area contributed by atoms with Crippen molar-refractivity contribution in [1.29, 1.82) is 0 Å². The van der Waals surface area contributed by atoms with Crippen molar-refractivity contribution in [3.05, 3.63) is 34.4 Å². The quantitative estimate of drug-likeness (QED) is 0.905. The molecule has 2 heteroatoms. The molecule has 1 heterocycles. The Morgan fingerprint density at radius 2 is 1.62 bits per heavy atom. The monoisotopic (exact) mass is 289 g/mol. The van der Waals surface area contributed by atoms with Crippen LogP contribution in [0, 0.1) is 32.6 Å². The zero-order chi connectivity index (χ0) is 15.6. The highest BCUT2D eigenvalue weighted by Crippen LogP contribution is 2.27. The molecule has 2 nitrogen and oxygen atoms in total. The molecular formula is C19H31NO. The molecule has 0 radical (unpaired) electrons. The number of aryl methyl sites for hydroxylation is 3. The van der Waals surface area contributed by atoms with E-state index in [1.165, 1.54) is 36.2 Å². The van der Waals surface area contributed by atoms with Gasteiger partial charge in [-0.1, -0.05) is 31.5 Å². The molecule has 1 saturated heterocycles. The molecule has 3 atom stereocenters. The third-order valence-corrected chi connectivity index (χ3v) is 4.73. The molecule has 0 saturated carbocycles. The lowest BCUT2D eigenvalue weighted by molar-refractivity contribution is 0.102. The molecule has 1 aliphatic heterocycles. The van der Waals surface area contributed by atoms with Gasteiger partial charge in [0.25, 0.3) is 0 Å². The van der Waals surface area contributed by atoms with E-state index in [1.54, 1.807) is 0 Å². The van der Waals surface area contributed by atoms with Gasteiger partial charge in [-0.25, -0.2) is 0 Å². The van der Waals surface area contributed by atoms with Gasteiger partial charge in [-0.15, -0.1) is 0 Å². The molecule has 1 N–H and O–H groups in total. The van der Waals surface area contributed by atoms with Crippen molar-refractivity contribution in [2.24, 2.45) is 11.8 Å². The van der Waals surface area contributed by atoms with Gasteiger partial charge >= 0.3 is 0 Å².